The first-order valence-electron chi connectivity index (χ1n) is 3.89. The topological polar surface area (TPSA) is 66.3 Å². The highest BCUT2D eigenvalue weighted by Gasteiger charge is 2.19. The second-order valence-corrected chi connectivity index (χ2v) is 6.77. The summed E-state index contributed by atoms with van der Waals surface area (Å²) >= 11 is 6.16. The summed E-state index contributed by atoms with van der Waals surface area (Å²) in [5, 5.41) is 0. The van der Waals surface area contributed by atoms with Gasteiger partial charge in [0.15, 0.2) is 6.56 Å². The molecule has 0 spiro atoms. The average Bonchev–Trinajstić information content (AvgIpc) is 2.03. The van der Waals surface area contributed by atoms with E-state index < -0.39 is 6.56 Å². The lowest BCUT2D eigenvalue weighted by atomic mass is 10.8. The minimum Gasteiger partial charge on any atom is -0.368 e. The molecule has 0 aromatic heterocycles. The summed E-state index contributed by atoms with van der Waals surface area (Å²) in [6.45, 7) is -0.179. The monoisotopic (exact) mass is 221 g/mol. The van der Waals surface area contributed by atoms with Crippen LogP contribution < -0.4 is 5.73 Å². The molecule has 0 aromatic rings. The van der Waals surface area contributed by atoms with Crippen LogP contribution >= 0.6 is 17.8 Å². The van der Waals surface area contributed by atoms with Crippen molar-refractivity contribution in [1.82, 2.24) is 4.90 Å². The standard InChI is InChI=1S/C6H13ClN5P/c1-4-13(7)10-5(8)9-6(11-13)12(2)3/h4H2,1-3H3,(H2,8,9,11). The van der Waals surface area contributed by atoms with Crippen LogP contribution in [0.4, 0.5) is 0 Å². The zero-order chi connectivity index (χ0) is 10.1. The Morgan fingerprint density at radius 3 is 2.62 bits per heavy atom. The molecule has 74 valence electrons. The fourth-order valence-electron chi connectivity index (χ4n) is 0.794. The molecule has 13 heavy (non-hydrogen) atoms. The van der Waals surface area contributed by atoms with Crippen LogP contribution in [0.15, 0.2) is 14.5 Å². The third-order valence-corrected chi connectivity index (χ3v) is 4.49. The van der Waals surface area contributed by atoms with Gasteiger partial charge in [-0.3, -0.25) is 0 Å². The third-order valence-electron chi connectivity index (χ3n) is 1.52. The van der Waals surface area contributed by atoms with Crippen molar-refractivity contribution >= 4 is 29.7 Å². The molecule has 7 heteroatoms. The van der Waals surface area contributed by atoms with Gasteiger partial charge in [-0.15, -0.1) is 0 Å². The third kappa shape index (κ3) is 2.45. The number of hydrogen-bond donors (Lipinski definition) is 1. The van der Waals surface area contributed by atoms with Gasteiger partial charge in [0, 0.05) is 20.3 Å². The van der Waals surface area contributed by atoms with Gasteiger partial charge in [-0.2, -0.15) is 14.5 Å². The minimum absolute atomic E-state index is 0.226. The van der Waals surface area contributed by atoms with Crippen LogP contribution in [0.25, 0.3) is 0 Å². The van der Waals surface area contributed by atoms with E-state index in [4.69, 9.17) is 17.0 Å². The van der Waals surface area contributed by atoms with Crippen LogP contribution in [0, 0.1) is 0 Å². The predicted octanol–water partition coefficient (Wildman–Crippen LogP) is 1.52. The second kappa shape index (κ2) is 3.68. The molecule has 0 fully saturated rings. The van der Waals surface area contributed by atoms with Gasteiger partial charge in [0.05, 0.1) is 0 Å². The van der Waals surface area contributed by atoms with Crippen LogP contribution in [0.1, 0.15) is 6.92 Å². The maximum atomic E-state index is 6.16. The number of rotatable bonds is 1. The quantitative estimate of drug-likeness (QED) is 0.683. The van der Waals surface area contributed by atoms with E-state index in [1.807, 2.05) is 21.0 Å². The largest absolute Gasteiger partial charge is 0.368 e. The highest BCUT2D eigenvalue weighted by molar-refractivity contribution is 7.90. The van der Waals surface area contributed by atoms with E-state index in [1.165, 1.54) is 0 Å². The predicted molar refractivity (Wildman–Crippen MR) is 58.5 cm³/mol. The van der Waals surface area contributed by atoms with E-state index in [0.717, 1.165) is 0 Å². The van der Waals surface area contributed by atoms with Crippen LogP contribution in [0.5, 0.6) is 0 Å². The fourth-order valence-corrected chi connectivity index (χ4v) is 2.41. The second-order valence-electron chi connectivity index (χ2n) is 2.82. The summed E-state index contributed by atoms with van der Waals surface area (Å²) in [6, 6.07) is 0. The number of nitrogens with two attached hydrogens (primary N) is 1. The SMILES string of the molecule is CCP1(Cl)=NC(N)=NC(N(C)C)=N1. The van der Waals surface area contributed by atoms with Crippen molar-refractivity contribution in [3.8, 4) is 0 Å². The highest BCUT2D eigenvalue weighted by atomic mass is 35.7. The molecule has 1 aliphatic rings. The van der Waals surface area contributed by atoms with Gasteiger partial charge in [-0.25, -0.2) is 0 Å². The first-order valence-corrected chi connectivity index (χ1v) is 6.68. The number of aliphatic imine (C=N–C) groups is 1. The van der Waals surface area contributed by atoms with Crippen LogP contribution in [0.2, 0.25) is 0 Å². The van der Waals surface area contributed by atoms with E-state index in [-0.39, 0.29) is 5.96 Å². The molecule has 1 aliphatic heterocycles. The van der Waals surface area contributed by atoms with Gasteiger partial charge in [0.1, 0.15) is 0 Å². The molecule has 1 atom stereocenters. The Morgan fingerprint density at radius 2 is 2.15 bits per heavy atom. The van der Waals surface area contributed by atoms with Gasteiger partial charge < -0.3 is 10.6 Å². The van der Waals surface area contributed by atoms with E-state index >= 15 is 0 Å². The lowest BCUT2D eigenvalue weighted by Crippen LogP contribution is -2.25. The van der Waals surface area contributed by atoms with Crippen molar-refractivity contribution in [2.24, 2.45) is 20.2 Å². The zero-order valence-electron chi connectivity index (χ0n) is 7.90. The van der Waals surface area contributed by atoms with E-state index in [2.05, 4.69) is 14.5 Å². The summed E-state index contributed by atoms with van der Waals surface area (Å²) in [7, 11) is 3.69. The van der Waals surface area contributed by atoms with Crippen molar-refractivity contribution in [2.75, 3.05) is 20.3 Å². The molecule has 2 N–H and O–H groups in total. The minimum atomic E-state index is -2.12. The van der Waals surface area contributed by atoms with Crippen molar-refractivity contribution in [1.29, 1.82) is 0 Å². The van der Waals surface area contributed by atoms with Crippen molar-refractivity contribution in [3.63, 3.8) is 0 Å². The molecule has 0 saturated carbocycles. The molecule has 1 rings (SSSR count). The molecule has 5 nitrogen and oxygen atoms in total. The van der Waals surface area contributed by atoms with Gasteiger partial charge >= 0.3 is 0 Å². The first-order chi connectivity index (χ1) is 5.97. The van der Waals surface area contributed by atoms with Crippen LogP contribution in [-0.4, -0.2) is 37.1 Å². The molecular formula is C6H13ClN5P. The molecule has 1 unspecified atom stereocenters. The Balaban J connectivity index is 3.12. The van der Waals surface area contributed by atoms with Gasteiger partial charge in [-0.05, 0) is 0 Å². The molecule has 0 amide bonds. The molecule has 0 bridgehead atoms. The number of nitrogens with zero attached hydrogens (tertiary/aromatic N) is 4. The Bertz CT molecular complexity index is 319. The molecule has 0 aliphatic carbocycles. The van der Waals surface area contributed by atoms with E-state index in [0.29, 0.717) is 12.1 Å². The highest BCUT2D eigenvalue weighted by Crippen LogP contribution is 2.57. The van der Waals surface area contributed by atoms with Crippen LogP contribution in [0.3, 0.4) is 0 Å². The summed E-state index contributed by atoms with van der Waals surface area (Å²) in [6.07, 6.45) is 0.697. The lowest BCUT2D eigenvalue weighted by Gasteiger charge is -2.19. The normalized spacial score (nSPS) is 27.4. The van der Waals surface area contributed by atoms with Crippen LogP contribution in [-0.2, 0) is 0 Å². The zero-order valence-corrected chi connectivity index (χ0v) is 9.55. The van der Waals surface area contributed by atoms with Crippen molar-refractivity contribution in [3.05, 3.63) is 0 Å². The molecule has 0 radical (unpaired) electrons. The maximum Gasteiger partial charge on any atom is 0.229 e. The first kappa shape index (κ1) is 10.5. The smallest absolute Gasteiger partial charge is 0.229 e. The Labute approximate surface area is 82.6 Å². The van der Waals surface area contributed by atoms with Gasteiger partial charge in [-0.1, -0.05) is 18.2 Å². The van der Waals surface area contributed by atoms with Gasteiger partial charge in [0.2, 0.25) is 11.9 Å². The van der Waals surface area contributed by atoms with Gasteiger partial charge in [0.25, 0.3) is 0 Å². The molecule has 0 aromatic carbocycles. The number of hydrogen-bond acceptors (Lipinski definition) is 5. The lowest BCUT2D eigenvalue weighted by molar-refractivity contribution is 0.616. The summed E-state index contributed by atoms with van der Waals surface area (Å²) in [5.74, 6) is 0.779. The molecular weight excluding hydrogens is 209 g/mol. The van der Waals surface area contributed by atoms with Crippen molar-refractivity contribution < 1.29 is 0 Å². The number of halogens is 1. The molecule has 0 saturated heterocycles. The van der Waals surface area contributed by atoms with E-state index in [1.54, 1.807) is 4.90 Å². The Hall–Kier alpha value is -0.540. The summed E-state index contributed by atoms with van der Waals surface area (Å²) < 4.78 is 8.32. The van der Waals surface area contributed by atoms with Crippen molar-refractivity contribution in [2.45, 2.75) is 6.92 Å². The van der Waals surface area contributed by atoms with E-state index in [9.17, 15) is 0 Å². The summed E-state index contributed by atoms with van der Waals surface area (Å²) in [5.41, 5.74) is 5.53. The number of guanidine groups is 2. The Morgan fingerprint density at radius 1 is 1.54 bits per heavy atom. The fraction of sp³-hybridized carbons (Fsp3) is 0.667. The molecule has 1 heterocycles. The average molecular weight is 222 g/mol. The Kier molecular flexibility index (Phi) is 2.98. The maximum absolute atomic E-state index is 6.16. The summed E-state index contributed by atoms with van der Waals surface area (Å²) in [4.78, 5) is 5.74.